The summed E-state index contributed by atoms with van der Waals surface area (Å²) in [5.74, 6) is -1.77. The van der Waals surface area contributed by atoms with Crippen LogP contribution in [0.1, 0.15) is 52.5 Å². The molecule has 1 aromatic rings. The molecule has 3 N–H and O–H groups in total. The number of nitrogens with one attached hydrogen (secondary N) is 2. The van der Waals surface area contributed by atoms with E-state index in [0.717, 1.165) is 0 Å². The number of hydrogen-bond acceptors (Lipinski definition) is 3. The van der Waals surface area contributed by atoms with Crippen molar-refractivity contribution in [3.63, 3.8) is 0 Å². The first kappa shape index (κ1) is 20.7. The highest BCUT2D eigenvalue weighted by Crippen LogP contribution is 2.18. The monoisotopic (exact) mass is 348 g/mol. The Hall–Kier alpha value is -2.37. The van der Waals surface area contributed by atoms with Crippen LogP contribution in [0.25, 0.3) is 0 Å². The number of carbonyl (C=O) groups excluding carboxylic acids is 2. The number of aliphatic carboxylic acids is 1. The maximum atomic E-state index is 12.5. The molecule has 0 aliphatic carbocycles. The summed E-state index contributed by atoms with van der Waals surface area (Å²) in [5.41, 5.74) is 1.23. The molecule has 6 nitrogen and oxygen atoms in total. The van der Waals surface area contributed by atoms with Crippen molar-refractivity contribution in [2.24, 2.45) is 11.8 Å². The summed E-state index contributed by atoms with van der Waals surface area (Å²) in [6.45, 7) is 9.25. The number of carbonyl (C=O) groups is 3. The summed E-state index contributed by atoms with van der Waals surface area (Å²) in [7, 11) is 0. The quantitative estimate of drug-likeness (QED) is 0.673. The van der Waals surface area contributed by atoms with Gasteiger partial charge in [-0.05, 0) is 36.5 Å². The molecule has 0 fully saturated rings. The molecule has 0 aromatic heterocycles. The van der Waals surface area contributed by atoms with E-state index in [9.17, 15) is 14.4 Å². The molecule has 25 heavy (non-hydrogen) atoms. The van der Waals surface area contributed by atoms with E-state index in [1.807, 2.05) is 27.7 Å². The Labute approximate surface area is 149 Å². The number of carboxylic acids is 1. The van der Waals surface area contributed by atoms with Crippen molar-refractivity contribution in [2.45, 2.75) is 53.0 Å². The van der Waals surface area contributed by atoms with E-state index in [1.54, 1.807) is 31.2 Å². The first-order chi connectivity index (χ1) is 11.6. The van der Waals surface area contributed by atoms with Gasteiger partial charge in [-0.25, -0.2) is 0 Å². The highest BCUT2D eigenvalue weighted by Gasteiger charge is 2.24. The Morgan fingerprint density at radius 1 is 1.00 bits per heavy atom. The first-order valence-corrected chi connectivity index (χ1v) is 8.54. The Balaban J connectivity index is 2.77. The molecule has 0 heterocycles. The topological polar surface area (TPSA) is 95.5 Å². The molecule has 0 saturated heterocycles. The maximum absolute atomic E-state index is 12.5. The van der Waals surface area contributed by atoms with Crippen molar-refractivity contribution in [1.82, 2.24) is 5.32 Å². The third-order valence-electron chi connectivity index (χ3n) is 3.91. The highest BCUT2D eigenvalue weighted by molar-refractivity contribution is 5.97. The zero-order valence-electron chi connectivity index (χ0n) is 15.5. The molecule has 0 radical (unpaired) electrons. The van der Waals surface area contributed by atoms with E-state index in [2.05, 4.69) is 10.6 Å². The number of hydrogen-bond donors (Lipinski definition) is 3. The lowest BCUT2D eigenvalue weighted by Crippen LogP contribution is -2.47. The molecule has 1 rings (SSSR count). The lowest BCUT2D eigenvalue weighted by atomic mass is 10.0. The van der Waals surface area contributed by atoms with Crippen LogP contribution in [0.4, 0.5) is 5.69 Å². The molecule has 1 aromatic carbocycles. The zero-order chi connectivity index (χ0) is 19.1. The summed E-state index contributed by atoms with van der Waals surface area (Å²) in [4.78, 5) is 35.4. The number of anilines is 1. The van der Waals surface area contributed by atoms with Gasteiger partial charge >= 0.3 is 5.97 Å². The Kier molecular flexibility index (Phi) is 7.61. The van der Waals surface area contributed by atoms with Crippen LogP contribution < -0.4 is 10.6 Å². The minimum Gasteiger partial charge on any atom is -0.481 e. The number of benzene rings is 1. The largest absolute Gasteiger partial charge is 0.481 e. The molecule has 0 aliphatic heterocycles. The van der Waals surface area contributed by atoms with Gasteiger partial charge in [-0.1, -0.05) is 39.8 Å². The predicted octanol–water partition coefficient (Wildman–Crippen LogP) is 3.00. The Morgan fingerprint density at radius 3 is 2.00 bits per heavy atom. The Morgan fingerprint density at radius 2 is 1.56 bits per heavy atom. The van der Waals surface area contributed by atoms with Crippen LogP contribution in [0, 0.1) is 11.8 Å². The number of rotatable bonds is 8. The van der Waals surface area contributed by atoms with Gasteiger partial charge in [0.2, 0.25) is 11.8 Å². The van der Waals surface area contributed by atoms with E-state index in [1.165, 1.54) is 0 Å². The molecule has 2 unspecified atom stereocenters. The minimum absolute atomic E-state index is 0.0533. The van der Waals surface area contributed by atoms with Gasteiger partial charge in [0.15, 0.2) is 0 Å². The van der Waals surface area contributed by atoms with Crippen LogP contribution >= 0.6 is 0 Å². The molecule has 0 spiro atoms. The molecule has 0 bridgehead atoms. The van der Waals surface area contributed by atoms with Gasteiger partial charge in [0, 0.05) is 12.1 Å². The summed E-state index contributed by atoms with van der Waals surface area (Å²) in [5, 5.41) is 14.6. The zero-order valence-corrected chi connectivity index (χ0v) is 15.5. The van der Waals surface area contributed by atoms with Crippen LogP contribution in [0.2, 0.25) is 0 Å². The van der Waals surface area contributed by atoms with Gasteiger partial charge < -0.3 is 15.7 Å². The standard InChI is InChI=1S/C19H28N2O4/c1-11(2)10-16(22)21-17(12(3)4)18(23)20-15-8-6-14(7-9-15)13(5)19(24)25/h6-9,11-13,17H,10H2,1-5H3,(H,20,23)(H,21,22)(H,24,25). The fraction of sp³-hybridized carbons (Fsp3) is 0.526. The predicted molar refractivity (Wildman–Crippen MR) is 97.3 cm³/mol. The fourth-order valence-corrected chi connectivity index (χ4v) is 2.36. The van der Waals surface area contributed by atoms with E-state index in [-0.39, 0.29) is 23.7 Å². The lowest BCUT2D eigenvalue weighted by molar-refractivity contribution is -0.138. The molecule has 0 aliphatic rings. The van der Waals surface area contributed by atoms with Gasteiger partial charge in [0.25, 0.3) is 0 Å². The highest BCUT2D eigenvalue weighted by atomic mass is 16.4. The number of amides is 2. The Bertz CT molecular complexity index is 608. The van der Waals surface area contributed by atoms with E-state index in [0.29, 0.717) is 17.7 Å². The normalized spacial score (nSPS) is 13.4. The van der Waals surface area contributed by atoms with Crippen LogP contribution in [-0.4, -0.2) is 28.9 Å². The molecule has 0 saturated carbocycles. The molecule has 2 amide bonds. The van der Waals surface area contributed by atoms with Crippen molar-refractivity contribution < 1.29 is 19.5 Å². The van der Waals surface area contributed by atoms with Gasteiger partial charge in [-0.15, -0.1) is 0 Å². The summed E-state index contributed by atoms with van der Waals surface area (Å²) >= 11 is 0. The second-order valence-corrected chi connectivity index (χ2v) is 7.06. The average molecular weight is 348 g/mol. The van der Waals surface area contributed by atoms with E-state index in [4.69, 9.17) is 5.11 Å². The summed E-state index contributed by atoms with van der Waals surface area (Å²) in [6, 6.07) is 6.07. The third-order valence-corrected chi connectivity index (χ3v) is 3.91. The smallest absolute Gasteiger partial charge is 0.310 e. The molecule has 138 valence electrons. The fourth-order valence-electron chi connectivity index (χ4n) is 2.36. The van der Waals surface area contributed by atoms with Crippen molar-refractivity contribution in [3.8, 4) is 0 Å². The van der Waals surface area contributed by atoms with Crippen LogP contribution in [0.5, 0.6) is 0 Å². The van der Waals surface area contributed by atoms with Gasteiger partial charge in [0.1, 0.15) is 6.04 Å². The molecular formula is C19H28N2O4. The average Bonchev–Trinajstić information content (AvgIpc) is 2.51. The van der Waals surface area contributed by atoms with Crippen LogP contribution in [0.15, 0.2) is 24.3 Å². The second-order valence-electron chi connectivity index (χ2n) is 7.06. The third kappa shape index (κ3) is 6.57. The van der Waals surface area contributed by atoms with E-state index < -0.39 is 17.9 Å². The van der Waals surface area contributed by atoms with Crippen LogP contribution in [0.3, 0.4) is 0 Å². The van der Waals surface area contributed by atoms with Gasteiger partial charge in [-0.3, -0.25) is 14.4 Å². The molecule has 6 heteroatoms. The molecular weight excluding hydrogens is 320 g/mol. The van der Waals surface area contributed by atoms with Crippen LogP contribution in [-0.2, 0) is 14.4 Å². The number of carboxylic acid groups (broad SMARTS) is 1. The second kappa shape index (κ2) is 9.20. The van der Waals surface area contributed by atoms with Gasteiger partial charge in [-0.2, -0.15) is 0 Å². The van der Waals surface area contributed by atoms with Gasteiger partial charge in [0.05, 0.1) is 5.92 Å². The SMILES string of the molecule is CC(C)CC(=O)NC(C(=O)Nc1ccc(C(C)C(=O)O)cc1)C(C)C. The van der Waals surface area contributed by atoms with Crippen molar-refractivity contribution in [1.29, 1.82) is 0 Å². The van der Waals surface area contributed by atoms with Crippen molar-refractivity contribution in [3.05, 3.63) is 29.8 Å². The summed E-state index contributed by atoms with van der Waals surface area (Å²) in [6.07, 6.45) is 0.373. The molecule has 2 atom stereocenters. The maximum Gasteiger partial charge on any atom is 0.310 e. The summed E-state index contributed by atoms with van der Waals surface area (Å²) < 4.78 is 0. The lowest BCUT2D eigenvalue weighted by Gasteiger charge is -2.22. The first-order valence-electron chi connectivity index (χ1n) is 8.54. The minimum atomic E-state index is -0.899. The van der Waals surface area contributed by atoms with E-state index >= 15 is 0 Å². The van der Waals surface area contributed by atoms with Crippen molar-refractivity contribution in [2.75, 3.05) is 5.32 Å². The van der Waals surface area contributed by atoms with Crippen molar-refractivity contribution >= 4 is 23.5 Å².